The summed E-state index contributed by atoms with van der Waals surface area (Å²) in [5.74, 6) is 0.824. The average Bonchev–Trinajstić information content (AvgIpc) is 3.30. The van der Waals surface area contributed by atoms with Crippen molar-refractivity contribution < 1.29 is 9.47 Å². The zero-order chi connectivity index (χ0) is 17.9. The highest BCUT2D eigenvalue weighted by Crippen LogP contribution is 2.36. The van der Waals surface area contributed by atoms with Crippen LogP contribution in [-0.4, -0.2) is 35.3 Å². The first-order chi connectivity index (χ1) is 12.7. The standard InChI is InChI=1S/C19H19BrN4O2/c1-25-18-8-3-2-7-17(18)24-9-10-26-19(24)16-13-23(22-21-16)12-14-5-4-6-15(20)11-14/h2-8,11,13,19H,9-10,12H2,1H3/t19-/m0/s1. The molecule has 3 aromatic rings. The van der Waals surface area contributed by atoms with Crippen LogP contribution in [0.25, 0.3) is 0 Å². The molecule has 6 nitrogen and oxygen atoms in total. The van der Waals surface area contributed by atoms with E-state index in [0.717, 1.165) is 33.7 Å². The number of ether oxygens (including phenoxy) is 2. The van der Waals surface area contributed by atoms with Crippen molar-refractivity contribution in [1.82, 2.24) is 15.0 Å². The Morgan fingerprint density at radius 3 is 2.96 bits per heavy atom. The number of halogens is 1. The van der Waals surface area contributed by atoms with E-state index in [4.69, 9.17) is 9.47 Å². The molecule has 0 amide bonds. The molecule has 4 rings (SSSR count). The van der Waals surface area contributed by atoms with E-state index in [1.807, 2.05) is 47.3 Å². The van der Waals surface area contributed by atoms with E-state index in [2.05, 4.69) is 43.3 Å². The van der Waals surface area contributed by atoms with E-state index in [-0.39, 0.29) is 6.23 Å². The highest BCUT2D eigenvalue weighted by Gasteiger charge is 2.31. The fourth-order valence-corrected chi connectivity index (χ4v) is 3.60. The molecule has 0 radical (unpaired) electrons. The van der Waals surface area contributed by atoms with Gasteiger partial charge in [-0.2, -0.15) is 0 Å². The smallest absolute Gasteiger partial charge is 0.177 e. The fraction of sp³-hybridized carbons (Fsp3) is 0.263. The zero-order valence-electron chi connectivity index (χ0n) is 14.4. The molecule has 26 heavy (non-hydrogen) atoms. The number of para-hydroxylation sites is 2. The molecule has 0 unspecified atom stereocenters. The Labute approximate surface area is 160 Å². The lowest BCUT2D eigenvalue weighted by Gasteiger charge is -2.25. The van der Waals surface area contributed by atoms with Gasteiger partial charge in [-0.25, -0.2) is 4.68 Å². The van der Waals surface area contributed by atoms with Crippen molar-refractivity contribution in [2.45, 2.75) is 12.8 Å². The Bertz CT molecular complexity index is 899. The molecule has 1 atom stereocenters. The van der Waals surface area contributed by atoms with Gasteiger partial charge >= 0.3 is 0 Å². The van der Waals surface area contributed by atoms with Crippen LogP contribution in [0.3, 0.4) is 0 Å². The summed E-state index contributed by atoms with van der Waals surface area (Å²) < 4.78 is 14.3. The number of hydrogen-bond acceptors (Lipinski definition) is 5. The van der Waals surface area contributed by atoms with Crippen LogP contribution in [0.1, 0.15) is 17.5 Å². The third kappa shape index (κ3) is 3.45. The lowest BCUT2D eigenvalue weighted by Crippen LogP contribution is -2.24. The Hall–Kier alpha value is -2.38. The van der Waals surface area contributed by atoms with Gasteiger partial charge in [-0.1, -0.05) is 45.4 Å². The molecule has 1 fully saturated rings. The summed E-state index contributed by atoms with van der Waals surface area (Å²) in [7, 11) is 1.68. The van der Waals surface area contributed by atoms with E-state index in [9.17, 15) is 0 Å². The topological polar surface area (TPSA) is 52.4 Å². The lowest BCUT2D eigenvalue weighted by molar-refractivity contribution is 0.110. The van der Waals surface area contributed by atoms with Crippen LogP contribution in [0.2, 0.25) is 0 Å². The molecule has 2 aromatic carbocycles. The summed E-state index contributed by atoms with van der Waals surface area (Å²) in [6.07, 6.45) is 1.68. The zero-order valence-corrected chi connectivity index (χ0v) is 16.0. The number of anilines is 1. The number of benzene rings is 2. The second kappa shape index (κ2) is 7.47. The molecule has 1 aliphatic heterocycles. The molecule has 1 aliphatic rings. The molecule has 0 N–H and O–H groups in total. The Morgan fingerprint density at radius 2 is 2.12 bits per heavy atom. The van der Waals surface area contributed by atoms with E-state index >= 15 is 0 Å². The predicted octanol–water partition coefficient (Wildman–Crippen LogP) is 3.63. The molecule has 0 aliphatic carbocycles. The maximum Gasteiger partial charge on any atom is 0.177 e. The monoisotopic (exact) mass is 414 g/mol. The predicted molar refractivity (Wildman–Crippen MR) is 102 cm³/mol. The maximum absolute atomic E-state index is 5.94. The molecule has 134 valence electrons. The van der Waals surface area contributed by atoms with Gasteiger partial charge in [0.2, 0.25) is 0 Å². The van der Waals surface area contributed by atoms with Gasteiger partial charge in [0.15, 0.2) is 6.23 Å². The number of aromatic nitrogens is 3. The SMILES string of the molecule is COc1ccccc1N1CCO[C@H]1c1cn(Cc2cccc(Br)c2)nn1. The Morgan fingerprint density at radius 1 is 1.23 bits per heavy atom. The van der Waals surface area contributed by atoms with Crippen molar-refractivity contribution in [1.29, 1.82) is 0 Å². The lowest BCUT2D eigenvalue weighted by atomic mass is 10.2. The first-order valence-electron chi connectivity index (χ1n) is 8.40. The van der Waals surface area contributed by atoms with Crippen LogP contribution < -0.4 is 9.64 Å². The summed E-state index contributed by atoms with van der Waals surface area (Å²) in [6, 6.07) is 16.1. The van der Waals surface area contributed by atoms with E-state index < -0.39 is 0 Å². The van der Waals surface area contributed by atoms with Crippen molar-refractivity contribution in [2.75, 3.05) is 25.2 Å². The first kappa shape index (κ1) is 17.1. The minimum absolute atomic E-state index is 0.262. The minimum Gasteiger partial charge on any atom is -0.495 e. The fourth-order valence-electron chi connectivity index (χ4n) is 3.15. The molecule has 0 bridgehead atoms. The molecule has 0 spiro atoms. The van der Waals surface area contributed by atoms with Crippen LogP contribution >= 0.6 is 15.9 Å². The van der Waals surface area contributed by atoms with E-state index in [1.54, 1.807) is 7.11 Å². The highest BCUT2D eigenvalue weighted by atomic mass is 79.9. The van der Waals surface area contributed by atoms with Crippen LogP contribution in [0.15, 0.2) is 59.2 Å². The van der Waals surface area contributed by atoms with Gasteiger partial charge in [0, 0.05) is 11.0 Å². The third-order valence-corrected chi connectivity index (χ3v) is 4.82. The molecule has 7 heteroatoms. The molecule has 0 saturated carbocycles. The first-order valence-corrected chi connectivity index (χ1v) is 9.19. The normalized spacial score (nSPS) is 16.8. The van der Waals surface area contributed by atoms with Crippen LogP contribution in [0.4, 0.5) is 5.69 Å². The summed E-state index contributed by atoms with van der Waals surface area (Å²) in [5, 5.41) is 8.61. The van der Waals surface area contributed by atoms with Gasteiger partial charge in [0.1, 0.15) is 11.4 Å². The van der Waals surface area contributed by atoms with Gasteiger partial charge in [0.25, 0.3) is 0 Å². The molecular weight excluding hydrogens is 396 g/mol. The molecule has 1 saturated heterocycles. The number of nitrogens with zero attached hydrogens (tertiary/aromatic N) is 4. The number of methoxy groups -OCH3 is 1. The quantitative estimate of drug-likeness (QED) is 0.637. The largest absolute Gasteiger partial charge is 0.495 e. The van der Waals surface area contributed by atoms with Crippen molar-refractivity contribution in [3.8, 4) is 5.75 Å². The number of rotatable bonds is 5. The van der Waals surface area contributed by atoms with Crippen molar-refractivity contribution >= 4 is 21.6 Å². The molecule has 2 heterocycles. The molecule has 1 aromatic heterocycles. The Balaban J connectivity index is 1.56. The third-order valence-electron chi connectivity index (χ3n) is 4.33. The van der Waals surface area contributed by atoms with E-state index in [0.29, 0.717) is 13.2 Å². The van der Waals surface area contributed by atoms with Gasteiger partial charge < -0.3 is 14.4 Å². The summed E-state index contributed by atoms with van der Waals surface area (Å²) >= 11 is 3.50. The average molecular weight is 415 g/mol. The second-order valence-electron chi connectivity index (χ2n) is 6.06. The van der Waals surface area contributed by atoms with Crippen molar-refractivity contribution in [3.05, 3.63) is 70.5 Å². The van der Waals surface area contributed by atoms with Crippen molar-refractivity contribution in [2.24, 2.45) is 0 Å². The summed E-state index contributed by atoms with van der Waals surface area (Å²) in [5.41, 5.74) is 2.95. The second-order valence-corrected chi connectivity index (χ2v) is 6.97. The van der Waals surface area contributed by atoms with Gasteiger partial charge in [0.05, 0.1) is 32.1 Å². The van der Waals surface area contributed by atoms with Crippen molar-refractivity contribution in [3.63, 3.8) is 0 Å². The van der Waals surface area contributed by atoms with Crippen LogP contribution in [0, 0.1) is 0 Å². The molecular formula is C19H19BrN4O2. The number of hydrogen-bond donors (Lipinski definition) is 0. The van der Waals surface area contributed by atoms with Gasteiger partial charge in [-0.05, 0) is 29.8 Å². The maximum atomic E-state index is 5.94. The van der Waals surface area contributed by atoms with Crippen LogP contribution in [0.5, 0.6) is 5.75 Å². The highest BCUT2D eigenvalue weighted by molar-refractivity contribution is 9.10. The Kier molecular flexibility index (Phi) is 4.90. The van der Waals surface area contributed by atoms with Gasteiger partial charge in [-0.15, -0.1) is 5.10 Å². The van der Waals surface area contributed by atoms with Gasteiger partial charge in [-0.3, -0.25) is 0 Å². The summed E-state index contributed by atoms with van der Waals surface area (Å²) in [6.45, 7) is 2.08. The van der Waals surface area contributed by atoms with Crippen LogP contribution in [-0.2, 0) is 11.3 Å². The minimum atomic E-state index is -0.262. The van der Waals surface area contributed by atoms with E-state index in [1.165, 1.54) is 0 Å². The summed E-state index contributed by atoms with van der Waals surface area (Å²) in [4.78, 5) is 2.16.